The number of carbonyl (C=O) groups excluding carboxylic acids is 1. The highest BCUT2D eigenvalue weighted by Gasteiger charge is 2.25. The number of hydrogen-bond donors (Lipinski definition) is 1. The van der Waals surface area contributed by atoms with Gasteiger partial charge in [-0.25, -0.2) is 4.79 Å². The molecule has 3 heteroatoms. The zero-order chi connectivity index (χ0) is 14.5. The van der Waals surface area contributed by atoms with Crippen molar-refractivity contribution in [1.29, 1.82) is 0 Å². The van der Waals surface area contributed by atoms with E-state index in [-0.39, 0.29) is 5.97 Å². The Morgan fingerprint density at radius 3 is 2.55 bits per heavy atom. The second kappa shape index (κ2) is 6.78. The fraction of sp³-hybridized carbons (Fsp3) is 0.588. The van der Waals surface area contributed by atoms with Crippen LogP contribution in [-0.2, 0) is 4.74 Å². The lowest BCUT2D eigenvalue weighted by Gasteiger charge is -2.33. The molecule has 1 aromatic carbocycles. The van der Waals surface area contributed by atoms with Crippen molar-refractivity contribution in [2.24, 2.45) is 11.8 Å². The zero-order valence-electron chi connectivity index (χ0n) is 12.7. The molecule has 0 bridgehead atoms. The van der Waals surface area contributed by atoms with E-state index >= 15 is 0 Å². The highest BCUT2D eigenvalue weighted by Crippen LogP contribution is 2.30. The van der Waals surface area contributed by atoms with Crippen LogP contribution in [0.4, 0.5) is 5.69 Å². The molecular weight excluding hydrogens is 250 g/mol. The van der Waals surface area contributed by atoms with E-state index in [1.54, 1.807) is 0 Å². The predicted octanol–water partition coefficient (Wildman–Crippen LogP) is 4.10. The molecular formula is C17H25NO2. The average molecular weight is 275 g/mol. The molecule has 0 heterocycles. The van der Waals surface area contributed by atoms with E-state index in [0.29, 0.717) is 24.1 Å². The molecule has 1 N–H and O–H groups in total. The normalized spacial score (nSPS) is 26.1. The summed E-state index contributed by atoms with van der Waals surface area (Å²) in [4.78, 5) is 11.6. The summed E-state index contributed by atoms with van der Waals surface area (Å²) < 4.78 is 4.99. The van der Waals surface area contributed by atoms with E-state index < -0.39 is 0 Å². The summed E-state index contributed by atoms with van der Waals surface area (Å²) in [6, 6.07) is 8.14. The van der Waals surface area contributed by atoms with Gasteiger partial charge in [0.15, 0.2) is 0 Å². The fourth-order valence-corrected chi connectivity index (χ4v) is 3.01. The minimum absolute atomic E-state index is 0.251. The van der Waals surface area contributed by atoms with Gasteiger partial charge in [0.25, 0.3) is 0 Å². The van der Waals surface area contributed by atoms with E-state index in [0.717, 1.165) is 11.6 Å². The molecule has 1 saturated carbocycles. The first kappa shape index (κ1) is 14.9. The third-order valence-electron chi connectivity index (χ3n) is 4.18. The summed E-state index contributed by atoms with van der Waals surface area (Å²) in [6.07, 6.45) is 3.81. The van der Waals surface area contributed by atoms with Gasteiger partial charge in [0, 0.05) is 11.7 Å². The number of esters is 1. The lowest BCUT2D eigenvalue weighted by Crippen LogP contribution is -2.32. The number of rotatable bonds is 4. The van der Waals surface area contributed by atoms with Crippen molar-refractivity contribution in [2.45, 2.75) is 46.1 Å². The Morgan fingerprint density at radius 1 is 1.25 bits per heavy atom. The summed E-state index contributed by atoms with van der Waals surface area (Å²) in [5.41, 5.74) is 1.70. The SMILES string of the molecule is CCOC(=O)c1ccc(NC2CCC(C)CC2C)cc1. The Morgan fingerprint density at radius 2 is 1.95 bits per heavy atom. The Bertz CT molecular complexity index is 441. The number of carbonyl (C=O) groups is 1. The van der Waals surface area contributed by atoms with Crippen LogP contribution in [0.5, 0.6) is 0 Å². The molecule has 1 aliphatic rings. The molecule has 0 amide bonds. The molecule has 3 unspecified atom stereocenters. The van der Waals surface area contributed by atoms with Crippen LogP contribution in [-0.4, -0.2) is 18.6 Å². The summed E-state index contributed by atoms with van der Waals surface area (Å²) in [7, 11) is 0. The van der Waals surface area contributed by atoms with Gasteiger partial charge in [-0.1, -0.05) is 13.8 Å². The van der Waals surface area contributed by atoms with Crippen molar-refractivity contribution in [3.05, 3.63) is 29.8 Å². The molecule has 1 fully saturated rings. The van der Waals surface area contributed by atoms with Crippen LogP contribution in [0.3, 0.4) is 0 Å². The van der Waals surface area contributed by atoms with E-state index in [2.05, 4.69) is 19.2 Å². The second-order valence-electron chi connectivity index (χ2n) is 5.94. The van der Waals surface area contributed by atoms with Crippen LogP contribution >= 0.6 is 0 Å². The summed E-state index contributed by atoms with van der Waals surface area (Å²) in [5, 5.41) is 3.60. The van der Waals surface area contributed by atoms with E-state index in [1.807, 2.05) is 31.2 Å². The third kappa shape index (κ3) is 3.75. The van der Waals surface area contributed by atoms with Crippen LogP contribution in [0, 0.1) is 11.8 Å². The molecule has 1 aliphatic carbocycles. The zero-order valence-corrected chi connectivity index (χ0v) is 12.7. The first-order valence-corrected chi connectivity index (χ1v) is 7.64. The van der Waals surface area contributed by atoms with E-state index in [9.17, 15) is 4.79 Å². The fourth-order valence-electron chi connectivity index (χ4n) is 3.01. The van der Waals surface area contributed by atoms with Gasteiger partial charge in [-0.2, -0.15) is 0 Å². The maximum atomic E-state index is 11.6. The van der Waals surface area contributed by atoms with Crippen LogP contribution in [0.2, 0.25) is 0 Å². The van der Waals surface area contributed by atoms with Crippen molar-refractivity contribution in [3.8, 4) is 0 Å². The maximum absolute atomic E-state index is 11.6. The number of benzene rings is 1. The van der Waals surface area contributed by atoms with Gasteiger partial charge in [0.1, 0.15) is 0 Å². The molecule has 0 saturated heterocycles. The molecule has 0 radical (unpaired) electrons. The number of nitrogens with one attached hydrogen (secondary N) is 1. The third-order valence-corrected chi connectivity index (χ3v) is 4.18. The van der Waals surface area contributed by atoms with Gasteiger partial charge in [-0.05, 0) is 62.3 Å². The Kier molecular flexibility index (Phi) is 5.05. The smallest absolute Gasteiger partial charge is 0.338 e. The van der Waals surface area contributed by atoms with Crippen LogP contribution < -0.4 is 5.32 Å². The van der Waals surface area contributed by atoms with Crippen LogP contribution in [0.25, 0.3) is 0 Å². The molecule has 0 aromatic heterocycles. The topological polar surface area (TPSA) is 38.3 Å². The molecule has 1 aromatic rings. The lowest BCUT2D eigenvalue weighted by molar-refractivity contribution is 0.0526. The van der Waals surface area contributed by atoms with Gasteiger partial charge in [-0.3, -0.25) is 0 Å². The lowest BCUT2D eigenvalue weighted by atomic mass is 9.80. The summed E-state index contributed by atoms with van der Waals surface area (Å²) in [5.74, 6) is 1.29. The Balaban J connectivity index is 1.95. The van der Waals surface area contributed by atoms with Gasteiger partial charge in [0.05, 0.1) is 12.2 Å². The monoisotopic (exact) mass is 275 g/mol. The number of anilines is 1. The minimum atomic E-state index is -0.251. The highest BCUT2D eigenvalue weighted by molar-refractivity contribution is 5.89. The highest BCUT2D eigenvalue weighted by atomic mass is 16.5. The van der Waals surface area contributed by atoms with Gasteiger partial charge >= 0.3 is 5.97 Å². The predicted molar refractivity (Wildman–Crippen MR) is 82.0 cm³/mol. The molecule has 2 rings (SSSR count). The van der Waals surface area contributed by atoms with Crippen molar-refractivity contribution in [2.75, 3.05) is 11.9 Å². The van der Waals surface area contributed by atoms with E-state index in [1.165, 1.54) is 19.3 Å². The Hall–Kier alpha value is -1.51. The molecule has 20 heavy (non-hydrogen) atoms. The minimum Gasteiger partial charge on any atom is -0.462 e. The molecule has 0 spiro atoms. The van der Waals surface area contributed by atoms with Gasteiger partial charge in [-0.15, -0.1) is 0 Å². The van der Waals surface area contributed by atoms with E-state index in [4.69, 9.17) is 4.74 Å². The average Bonchev–Trinajstić information content (AvgIpc) is 2.43. The van der Waals surface area contributed by atoms with Gasteiger partial charge < -0.3 is 10.1 Å². The second-order valence-corrected chi connectivity index (χ2v) is 5.94. The summed E-state index contributed by atoms with van der Waals surface area (Å²) >= 11 is 0. The number of ether oxygens (including phenoxy) is 1. The molecule has 0 aliphatic heterocycles. The van der Waals surface area contributed by atoms with Crippen molar-refractivity contribution < 1.29 is 9.53 Å². The quantitative estimate of drug-likeness (QED) is 0.841. The molecule has 3 atom stereocenters. The van der Waals surface area contributed by atoms with Crippen molar-refractivity contribution >= 4 is 11.7 Å². The Labute approximate surface area is 121 Å². The first-order valence-electron chi connectivity index (χ1n) is 7.64. The maximum Gasteiger partial charge on any atom is 0.338 e. The summed E-state index contributed by atoms with van der Waals surface area (Å²) in [6.45, 7) is 6.89. The molecule has 3 nitrogen and oxygen atoms in total. The van der Waals surface area contributed by atoms with Crippen molar-refractivity contribution in [1.82, 2.24) is 0 Å². The van der Waals surface area contributed by atoms with Crippen molar-refractivity contribution in [3.63, 3.8) is 0 Å². The molecule has 110 valence electrons. The largest absolute Gasteiger partial charge is 0.462 e. The van der Waals surface area contributed by atoms with Crippen LogP contribution in [0.15, 0.2) is 24.3 Å². The standard InChI is InChI=1S/C17H25NO2/c1-4-20-17(19)14-6-8-15(9-7-14)18-16-10-5-12(2)11-13(16)3/h6-9,12-13,16,18H,4-5,10-11H2,1-3H3. The van der Waals surface area contributed by atoms with Gasteiger partial charge in [0.2, 0.25) is 0 Å². The first-order chi connectivity index (χ1) is 9.60. The number of hydrogen-bond acceptors (Lipinski definition) is 3. The van der Waals surface area contributed by atoms with Crippen LogP contribution in [0.1, 0.15) is 50.4 Å².